The Morgan fingerprint density at radius 2 is 0.881 bits per heavy atom. The van der Waals surface area contributed by atoms with Gasteiger partial charge in [0.05, 0.1) is 28.0 Å². The first-order chi connectivity index (χ1) is 51.6. The van der Waals surface area contributed by atoms with E-state index < -0.39 is 168 Å². The van der Waals surface area contributed by atoms with Gasteiger partial charge in [0.2, 0.25) is 16.3 Å². The van der Waals surface area contributed by atoms with Crippen molar-refractivity contribution in [2.45, 2.75) is 62.8 Å². The van der Waals surface area contributed by atoms with Gasteiger partial charge < -0.3 is 136 Å². The predicted molar refractivity (Wildman–Crippen MR) is 373 cm³/mol. The number of fused-ring (bicyclic) bond motifs is 6. The normalized spacial score (nSPS) is 16.7. The van der Waals surface area contributed by atoms with Crippen molar-refractivity contribution < 1.29 is 150 Å². The van der Waals surface area contributed by atoms with Crippen LogP contribution in [0.4, 0.5) is 0 Å². The Kier molecular flexibility index (Phi) is 19.3. The molecular weight excluding hydrogens is 1440 g/mol. The summed E-state index contributed by atoms with van der Waals surface area (Å²) in [4.78, 5) is 75.1. The van der Waals surface area contributed by atoms with E-state index in [0.29, 0.717) is 11.1 Å². The summed E-state index contributed by atoms with van der Waals surface area (Å²) in [6.07, 6.45) is -7.71. The van der Waals surface area contributed by atoms with E-state index in [2.05, 4.69) is 0 Å². The van der Waals surface area contributed by atoms with Crippen LogP contribution < -0.4 is 35.2 Å². The highest BCUT2D eigenvalue weighted by molar-refractivity contribution is 6.00. The number of aliphatic hydroxyl groups excluding tert-OH is 1. The molecule has 14 rings (SSSR count). The van der Waals surface area contributed by atoms with Gasteiger partial charge in [0.1, 0.15) is 69.7 Å². The Bertz CT molecular complexity index is 5840. The zero-order valence-electron chi connectivity index (χ0n) is 55.6. The average molecular weight is 1500 g/mol. The average Bonchev–Trinajstić information content (AvgIpc) is 1.70. The molecule has 0 saturated heterocycles. The lowest BCUT2D eigenvalue weighted by molar-refractivity contribution is -0.120. The summed E-state index contributed by atoms with van der Waals surface area (Å²) < 4.78 is 33.8. The SMILES string of the molecule is Cc1c(O)c(O)cc2cc(C(=O)O[C@@H]3Cc4c(O)cc(O)cc4O[C@@H]3c3ccc(O)c(O)c3)cc(=O)c(O)c12.O=COc1cc(=O)c(O)c2c(O)c(O)cc([C@H]3Oc4cc(O)cc(O)c4C[C@H]3OC(=O)c3cc(O)c(O)c(O)c3)c2c1.O=c1c(O)cccc2c([C@H]3Oc4cc(O)cc(O)c4C[C@H]3O)cc(O)c(O)c12. The van der Waals surface area contributed by atoms with Gasteiger partial charge >= 0.3 is 11.9 Å². The number of esters is 2. The molecule has 0 fully saturated rings. The molecule has 0 spiro atoms. The lowest BCUT2D eigenvalue weighted by Crippen LogP contribution is -2.35. The molecule has 6 atom stereocenters. The molecule has 0 radical (unpaired) electrons. The first-order valence-electron chi connectivity index (χ1n) is 31.9. The minimum absolute atomic E-state index is 0.00355. The fraction of sp³-hybridized carbons (Fsp3) is 0.132. The Morgan fingerprint density at radius 1 is 0.404 bits per heavy atom. The fourth-order valence-electron chi connectivity index (χ4n) is 12.9. The van der Waals surface area contributed by atoms with E-state index in [0.717, 1.165) is 78.9 Å². The minimum Gasteiger partial charge on any atom is -0.508 e. The molecule has 3 aliphatic rings. The zero-order valence-corrected chi connectivity index (χ0v) is 55.6. The molecule has 0 bridgehead atoms. The molecule has 3 aliphatic heterocycles. The first kappa shape index (κ1) is 73.7. The number of phenols is 17. The zero-order chi connectivity index (χ0) is 78.8. The third-order valence-corrected chi connectivity index (χ3v) is 18.0. The van der Waals surface area contributed by atoms with Crippen molar-refractivity contribution in [1.82, 2.24) is 0 Å². The van der Waals surface area contributed by atoms with Gasteiger partial charge in [-0.1, -0.05) is 18.2 Å². The van der Waals surface area contributed by atoms with Crippen LogP contribution in [0.3, 0.4) is 0 Å². The van der Waals surface area contributed by atoms with E-state index in [4.69, 9.17) is 28.4 Å². The van der Waals surface area contributed by atoms with Crippen molar-refractivity contribution in [1.29, 1.82) is 0 Å². The summed E-state index contributed by atoms with van der Waals surface area (Å²) in [6.45, 7) is 1.39. The number of rotatable bonds is 9. The van der Waals surface area contributed by atoms with Crippen LogP contribution in [-0.4, -0.2) is 144 Å². The Labute approximate surface area is 607 Å². The van der Waals surface area contributed by atoms with E-state index in [1.165, 1.54) is 55.5 Å². The molecule has 109 heavy (non-hydrogen) atoms. The fourth-order valence-corrected chi connectivity index (χ4v) is 12.9. The molecular formula is C76H58O33. The second kappa shape index (κ2) is 28.6. The summed E-state index contributed by atoms with van der Waals surface area (Å²) in [7, 11) is 0. The lowest BCUT2D eigenvalue weighted by Gasteiger charge is -2.34. The van der Waals surface area contributed by atoms with Gasteiger partial charge in [-0.15, -0.1) is 0 Å². The molecule has 560 valence electrons. The van der Waals surface area contributed by atoms with Crippen molar-refractivity contribution in [3.63, 3.8) is 0 Å². The molecule has 11 aromatic carbocycles. The van der Waals surface area contributed by atoms with Crippen LogP contribution in [0.1, 0.15) is 78.0 Å². The molecule has 0 saturated carbocycles. The number of phenolic OH excluding ortho intramolecular Hbond substituents is 17. The number of benzene rings is 8. The second-order valence-electron chi connectivity index (χ2n) is 25.0. The van der Waals surface area contributed by atoms with Gasteiger partial charge in [-0.25, -0.2) is 9.59 Å². The Balaban J connectivity index is 0.000000155. The topological polar surface area (TPSA) is 583 Å². The molecule has 33 heteroatoms. The van der Waals surface area contributed by atoms with E-state index in [-0.39, 0.29) is 132 Å². The first-order valence-corrected chi connectivity index (χ1v) is 31.9. The Morgan fingerprint density at radius 3 is 1.44 bits per heavy atom. The Hall–Kier alpha value is -15.0. The van der Waals surface area contributed by atoms with Crippen molar-refractivity contribution in [2.24, 2.45) is 0 Å². The van der Waals surface area contributed by atoms with E-state index in [1.54, 1.807) is 0 Å². The maximum atomic E-state index is 13.3. The number of hydrogen-bond acceptors (Lipinski definition) is 33. The standard InChI is InChI=1S/C28H20O14.C28H22O11.C20H16O8/c29-9-40-12-5-13-14(7-20(35)26(38)23(13)25(37)19(34)6-12)27-22(8-15-16(31)3-11(30)4-21(15)41-27)42-28(39)10-1-17(32)24(36)18(33)2-10;1-11-24-13(6-20(33)25(11)35)4-14(7-21(34)26(24)36)28(37)39-23-10-16-18(31)8-15(29)9-22(16)38-27(23)12-2-3-17(30)19(32)5-12;21-8-4-13(23)11-7-15(25)20(28-16(11)5-8)10-6-14(24)19(27)17-9(10)2-1-3-12(22)18(17)26/h1-7,9,22,27,30-33,35-36,38H,8H2,(H,34,37);2-9,23,27,29-33,35H,10H2,1H3,(H,34,36);1-6,15,20-21,23-25,27H,7H2,(H,22,26)/t22-,27-;23-,27-;15-,20-/m111/s1. The van der Waals surface area contributed by atoms with Crippen LogP contribution in [-0.2, 0) is 33.5 Å². The number of ether oxygens (including phenoxy) is 6. The monoisotopic (exact) mass is 1500 g/mol. The number of carbonyl (C=O) groups excluding carboxylic acids is 3. The van der Waals surface area contributed by atoms with Crippen LogP contribution in [0.25, 0.3) is 32.3 Å². The van der Waals surface area contributed by atoms with Gasteiger partial charge in [0.15, 0.2) is 98.8 Å². The van der Waals surface area contributed by atoms with Crippen LogP contribution in [0, 0.1) is 6.92 Å². The molecule has 11 aromatic rings. The van der Waals surface area contributed by atoms with Crippen LogP contribution in [0.2, 0.25) is 0 Å². The van der Waals surface area contributed by atoms with E-state index in [9.17, 15) is 136 Å². The van der Waals surface area contributed by atoms with Gasteiger partial charge in [0, 0.05) is 118 Å². The number of hydrogen-bond donors (Lipinski definition) is 21. The van der Waals surface area contributed by atoms with Gasteiger partial charge in [-0.2, -0.15) is 0 Å². The highest BCUT2D eigenvalue weighted by Gasteiger charge is 2.41. The lowest BCUT2D eigenvalue weighted by atomic mass is 9.90. The maximum Gasteiger partial charge on any atom is 0.338 e. The van der Waals surface area contributed by atoms with Crippen LogP contribution in [0.5, 0.6) is 138 Å². The van der Waals surface area contributed by atoms with Crippen LogP contribution >= 0.6 is 0 Å². The summed E-state index contributed by atoms with van der Waals surface area (Å²) >= 11 is 0. The van der Waals surface area contributed by atoms with Crippen molar-refractivity contribution in [3.8, 4) is 138 Å². The third kappa shape index (κ3) is 13.9. The summed E-state index contributed by atoms with van der Waals surface area (Å²) in [5.74, 6) is -14.1. The van der Waals surface area contributed by atoms with Crippen LogP contribution in [0.15, 0.2) is 142 Å². The van der Waals surface area contributed by atoms with Gasteiger partial charge in [-0.3, -0.25) is 19.2 Å². The highest BCUT2D eigenvalue weighted by atomic mass is 16.6. The van der Waals surface area contributed by atoms with E-state index >= 15 is 0 Å². The molecule has 3 heterocycles. The van der Waals surface area contributed by atoms with Gasteiger partial charge in [0.25, 0.3) is 6.47 Å². The highest BCUT2D eigenvalue weighted by Crippen LogP contribution is 2.51. The van der Waals surface area contributed by atoms with Crippen molar-refractivity contribution in [2.75, 3.05) is 0 Å². The summed E-state index contributed by atoms with van der Waals surface area (Å²) in [6, 6.07) is 23.5. The van der Waals surface area contributed by atoms with Gasteiger partial charge in [-0.05, 0) is 78.4 Å². The van der Waals surface area contributed by atoms with Crippen molar-refractivity contribution >= 4 is 50.7 Å². The van der Waals surface area contributed by atoms with Crippen molar-refractivity contribution in [3.05, 3.63) is 208 Å². The largest absolute Gasteiger partial charge is 0.508 e. The number of aliphatic hydroxyl groups is 1. The quantitative estimate of drug-likeness (QED) is 0.0380. The maximum absolute atomic E-state index is 13.3. The second-order valence-corrected chi connectivity index (χ2v) is 25.0. The number of carbonyl (C=O) groups is 3. The molecule has 0 aromatic heterocycles. The molecule has 21 N–H and O–H groups in total. The molecule has 33 nitrogen and oxygen atoms in total. The molecule has 0 unspecified atom stereocenters. The number of aromatic hydroxyl groups is 20. The minimum atomic E-state index is -1.46. The third-order valence-electron chi connectivity index (χ3n) is 18.0. The summed E-state index contributed by atoms with van der Waals surface area (Å²) in [5.41, 5.74) is -2.60. The molecule has 0 amide bonds. The molecule has 0 aliphatic carbocycles. The number of aryl methyl sites for hydroxylation is 1. The predicted octanol–water partition coefficient (Wildman–Crippen LogP) is 7.40. The smallest absolute Gasteiger partial charge is 0.338 e. The summed E-state index contributed by atoms with van der Waals surface area (Å²) in [5, 5.41) is 212. The van der Waals surface area contributed by atoms with E-state index in [1.807, 2.05) is 0 Å².